The Balaban J connectivity index is 0. The second-order valence-corrected chi connectivity index (χ2v) is 1.44. The summed E-state index contributed by atoms with van der Waals surface area (Å²) in [4.78, 5) is 0. The average molecular weight is 145 g/mol. The van der Waals surface area contributed by atoms with Crippen molar-refractivity contribution in [3.63, 3.8) is 0 Å². The Labute approximate surface area is 55.6 Å². The zero-order chi connectivity index (χ0) is 3.70. The summed E-state index contributed by atoms with van der Waals surface area (Å²) in [6.45, 7) is 0. The highest BCUT2D eigenvalue weighted by Gasteiger charge is 2.17. The molecule has 0 spiro atoms. The molecule has 0 aromatic heterocycles. The van der Waals surface area contributed by atoms with E-state index in [0.717, 1.165) is 0 Å². The molecular formula is C3H10Cl2N2. The Hall–Kier alpha value is 0.500. The van der Waals surface area contributed by atoms with E-state index in [4.69, 9.17) is 5.84 Å². The van der Waals surface area contributed by atoms with E-state index < -0.39 is 0 Å². The number of nitrogens with one attached hydrogen (secondary N) is 1. The highest BCUT2D eigenvalue weighted by Crippen LogP contribution is 2.16. The highest BCUT2D eigenvalue weighted by atomic mass is 35.5. The van der Waals surface area contributed by atoms with Crippen molar-refractivity contribution in [2.45, 2.75) is 18.9 Å². The predicted octanol–water partition coefficient (Wildman–Crippen LogP) is 0.456. The number of rotatable bonds is 1. The minimum Gasteiger partial charge on any atom is -0.271 e. The summed E-state index contributed by atoms with van der Waals surface area (Å²) < 4.78 is 0. The Morgan fingerprint density at radius 2 is 1.71 bits per heavy atom. The van der Waals surface area contributed by atoms with Gasteiger partial charge in [-0.3, -0.25) is 11.3 Å². The van der Waals surface area contributed by atoms with E-state index in [0.29, 0.717) is 6.04 Å². The van der Waals surface area contributed by atoms with Crippen LogP contribution < -0.4 is 11.3 Å². The van der Waals surface area contributed by atoms with Crippen molar-refractivity contribution in [1.29, 1.82) is 0 Å². The molecule has 0 unspecified atom stereocenters. The average Bonchev–Trinajstić information content (AvgIpc) is 2.12. The first-order chi connectivity index (χ1) is 2.43. The van der Waals surface area contributed by atoms with E-state index in [1.807, 2.05) is 0 Å². The highest BCUT2D eigenvalue weighted by molar-refractivity contribution is 5.85. The predicted molar refractivity (Wildman–Crippen MR) is 34.8 cm³/mol. The van der Waals surface area contributed by atoms with Crippen LogP contribution in [-0.4, -0.2) is 6.04 Å². The fraction of sp³-hybridized carbons (Fsp3) is 1.00. The zero-order valence-electron chi connectivity index (χ0n) is 3.89. The summed E-state index contributed by atoms with van der Waals surface area (Å²) in [7, 11) is 0. The number of hydrogen-bond donors (Lipinski definition) is 2. The molecule has 3 N–H and O–H groups in total. The molecule has 0 saturated heterocycles. The van der Waals surface area contributed by atoms with Crippen molar-refractivity contribution in [1.82, 2.24) is 5.43 Å². The topological polar surface area (TPSA) is 38.0 Å². The third-order valence-electron chi connectivity index (χ3n) is 0.813. The maximum absolute atomic E-state index is 4.98. The van der Waals surface area contributed by atoms with Crippen LogP contribution in [0.3, 0.4) is 0 Å². The lowest BCUT2D eigenvalue weighted by atomic mass is 10.8. The Bertz CT molecular complexity index is 37.9. The van der Waals surface area contributed by atoms with Gasteiger partial charge in [-0.25, -0.2) is 0 Å². The molecular weight excluding hydrogens is 135 g/mol. The van der Waals surface area contributed by atoms with E-state index in [1.54, 1.807) is 0 Å². The quantitative estimate of drug-likeness (QED) is 0.415. The largest absolute Gasteiger partial charge is 0.271 e. The smallest absolute Gasteiger partial charge is 0.0211 e. The van der Waals surface area contributed by atoms with Crippen molar-refractivity contribution in [3.05, 3.63) is 0 Å². The molecule has 7 heavy (non-hydrogen) atoms. The second-order valence-electron chi connectivity index (χ2n) is 1.44. The molecule has 1 fully saturated rings. The number of hydrazine groups is 1. The lowest BCUT2D eigenvalue weighted by Gasteiger charge is -1.81. The molecule has 1 aliphatic rings. The van der Waals surface area contributed by atoms with E-state index in [-0.39, 0.29) is 24.8 Å². The molecule has 0 bridgehead atoms. The number of nitrogens with two attached hydrogens (primary N) is 1. The van der Waals surface area contributed by atoms with E-state index >= 15 is 0 Å². The van der Waals surface area contributed by atoms with Crippen LogP contribution in [0.1, 0.15) is 12.8 Å². The summed E-state index contributed by atoms with van der Waals surface area (Å²) in [6.07, 6.45) is 2.55. The third-order valence-corrected chi connectivity index (χ3v) is 0.813. The molecule has 0 heterocycles. The van der Waals surface area contributed by atoms with Crippen LogP contribution in [0, 0.1) is 0 Å². The van der Waals surface area contributed by atoms with Gasteiger partial charge in [0.1, 0.15) is 0 Å². The van der Waals surface area contributed by atoms with Gasteiger partial charge in [-0.15, -0.1) is 24.8 Å². The van der Waals surface area contributed by atoms with Gasteiger partial charge in [-0.05, 0) is 12.8 Å². The number of halogens is 2. The Morgan fingerprint density at radius 3 is 1.71 bits per heavy atom. The van der Waals surface area contributed by atoms with Crippen molar-refractivity contribution >= 4 is 24.8 Å². The van der Waals surface area contributed by atoms with Crippen LogP contribution in [0.25, 0.3) is 0 Å². The molecule has 1 rings (SSSR count). The molecule has 2 nitrogen and oxygen atoms in total. The van der Waals surface area contributed by atoms with Crippen molar-refractivity contribution < 1.29 is 0 Å². The van der Waals surface area contributed by atoms with Crippen molar-refractivity contribution in [2.75, 3.05) is 0 Å². The fourth-order valence-corrected chi connectivity index (χ4v) is 0.250. The maximum atomic E-state index is 4.98. The van der Waals surface area contributed by atoms with Gasteiger partial charge < -0.3 is 0 Å². The zero-order valence-corrected chi connectivity index (χ0v) is 5.52. The van der Waals surface area contributed by atoms with Crippen molar-refractivity contribution in [2.24, 2.45) is 5.84 Å². The summed E-state index contributed by atoms with van der Waals surface area (Å²) in [5, 5.41) is 0. The van der Waals surface area contributed by atoms with Crippen LogP contribution in [0.5, 0.6) is 0 Å². The molecule has 4 heteroatoms. The van der Waals surface area contributed by atoms with E-state index in [1.165, 1.54) is 12.8 Å². The van der Waals surface area contributed by atoms with Crippen LogP contribution in [-0.2, 0) is 0 Å². The molecule has 0 radical (unpaired) electrons. The lowest BCUT2D eigenvalue weighted by molar-refractivity contribution is 0.735. The molecule has 0 aliphatic heterocycles. The van der Waals surface area contributed by atoms with Gasteiger partial charge in [-0.2, -0.15) is 0 Å². The first-order valence-electron chi connectivity index (χ1n) is 1.89. The van der Waals surface area contributed by atoms with Gasteiger partial charge >= 0.3 is 0 Å². The third kappa shape index (κ3) is 4.35. The molecule has 0 aromatic rings. The molecule has 1 saturated carbocycles. The van der Waals surface area contributed by atoms with Crippen LogP contribution in [0.2, 0.25) is 0 Å². The summed E-state index contributed by atoms with van der Waals surface area (Å²) >= 11 is 0. The normalized spacial score (nSPS) is 16.7. The van der Waals surface area contributed by atoms with Crippen molar-refractivity contribution in [3.8, 4) is 0 Å². The van der Waals surface area contributed by atoms with Gasteiger partial charge in [0, 0.05) is 6.04 Å². The SMILES string of the molecule is Cl.Cl.NNC1CC1. The van der Waals surface area contributed by atoms with E-state index in [2.05, 4.69) is 5.43 Å². The second kappa shape index (κ2) is 4.65. The van der Waals surface area contributed by atoms with Gasteiger partial charge in [0.2, 0.25) is 0 Å². The maximum Gasteiger partial charge on any atom is 0.0211 e. The molecule has 46 valence electrons. The van der Waals surface area contributed by atoms with E-state index in [9.17, 15) is 0 Å². The Morgan fingerprint density at radius 1 is 1.29 bits per heavy atom. The Kier molecular flexibility index (Phi) is 6.96. The standard InChI is InChI=1S/C3H8N2.2ClH/c4-5-3-1-2-3;;/h3,5H,1-2,4H2;2*1H. The molecule has 0 atom stereocenters. The first kappa shape index (κ1) is 10.5. The van der Waals surface area contributed by atoms with Crippen LogP contribution in [0.4, 0.5) is 0 Å². The van der Waals surface area contributed by atoms with Gasteiger partial charge in [0.25, 0.3) is 0 Å². The van der Waals surface area contributed by atoms with Crippen LogP contribution in [0.15, 0.2) is 0 Å². The fourth-order valence-electron chi connectivity index (χ4n) is 0.250. The summed E-state index contributed by atoms with van der Waals surface area (Å²) in [5.74, 6) is 4.98. The number of hydrogen-bond acceptors (Lipinski definition) is 2. The minimum absolute atomic E-state index is 0. The first-order valence-corrected chi connectivity index (χ1v) is 1.89. The van der Waals surface area contributed by atoms with Gasteiger partial charge in [0.15, 0.2) is 0 Å². The summed E-state index contributed by atoms with van der Waals surface area (Å²) in [6, 6.07) is 0.662. The minimum atomic E-state index is 0. The van der Waals surface area contributed by atoms with Gasteiger partial charge in [-0.1, -0.05) is 0 Å². The monoisotopic (exact) mass is 144 g/mol. The van der Waals surface area contributed by atoms with Crippen LogP contribution >= 0.6 is 24.8 Å². The molecule has 0 amide bonds. The lowest BCUT2D eigenvalue weighted by Crippen LogP contribution is -2.23. The molecule has 0 aromatic carbocycles. The molecule has 1 aliphatic carbocycles. The summed E-state index contributed by atoms with van der Waals surface area (Å²) in [5.41, 5.74) is 2.64. The van der Waals surface area contributed by atoms with Gasteiger partial charge in [0.05, 0.1) is 0 Å².